The van der Waals surface area contributed by atoms with Gasteiger partial charge in [-0.1, -0.05) is 6.08 Å². The van der Waals surface area contributed by atoms with Crippen LogP contribution in [0.3, 0.4) is 0 Å². The summed E-state index contributed by atoms with van der Waals surface area (Å²) in [6.07, 6.45) is 7.37. The lowest BCUT2D eigenvalue weighted by Gasteiger charge is -1.91. The van der Waals surface area contributed by atoms with Crippen molar-refractivity contribution in [2.45, 2.75) is 0 Å². The molecule has 1 aromatic rings. The minimum atomic E-state index is 0.503. The third kappa shape index (κ3) is 2.12. The van der Waals surface area contributed by atoms with E-state index in [0.29, 0.717) is 18.1 Å². The summed E-state index contributed by atoms with van der Waals surface area (Å²) in [6, 6.07) is 1.65. The van der Waals surface area contributed by atoms with Gasteiger partial charge >= 0.3 is 0 Å². The highest BCUT2D eigenvalue weighted by atomic mass is 16.1. The Bertz CT molecular complexity index is 318. The van der Waals surface area contributed by atoms with Gasteiger partial charge in [-0.15, -0.1) is 0 Å². The van der Waals surface area contributed by atoms with E-state index in [1.807, 2.05) is 0 Å². The summed E-state index contributed by atoms with van der Waals surface area (Å²) in [5.74, 6) is 0. The van der Waals surface area contributed by atoms with E-state index in [1.54, 1.807) is 18.3 Å². The van der Waals surface area contributed by atoms with Gasteiger partial charge in [-0.3, -0.25) is 14.6 Å². The molecule has 0 aromatic carbocycles. The second-order valence-electron chi connectivity index (χ2n) is 2.16. The zero-order valence-electron chi connectivity index (χ0n) is 6.31. The Labute approximate surface area is 69.7 Å². The van der Waals surface area contributed by atoms with E-state index in [9.17, 15) is 9.59 Å². The summed E-state index contributed by atoms with van der Waals surface area (Å²) < 4.78 is 0. The van der Waals surface area contributed by atoms with Gasteiger partial charge < -0.3 is 0 Å². The first-order valence-corrected chi connectivity index (χ1v) is 3.39. The number of carbonyl (C=O) groups excluding carboxylic acids is 2. The van der Waals surface area contributed by atoms with Crippen LogP contribution in [-0.4, -0.2) is 17.6 Å². The molecular formula is C9H7NO2. The van der Waals surface area contributed by atoms with Gasteiger partial charge in [-0.05, 0) is 17.7 Å². The second-order valence-corrected chi connectivity index (χ2v) is 2.16. The minimum absolute atomic E-state index is 0.503. The molecule has 3 heteroatoms. The summed E-state index contributed by atoms with van der Waals surface area (Å²) >= 11 is 0. The predicted octanol–water partition coefficient (Wildman–Crippen LogP) is 1.11. The molecule has 1 aromatic heterocycles. The number of hydrogen-bond donors (Lipinski definition) is 0. The summed E-state index contributed by atoms with van der Waals surface area (Å²) in [7, 11) is 0. The third-order valence-corrected chi connectivity index (χ3v) is 1.28. The molecule has 60 valence electrons. The minimum Gasteiger partial charge on any atom is -0.299 e. The Morgan fingerprint density at radius 1 is 1.17 bits per heavy atom. The van der Waals surface area contributed by atoms with E-state index in [2.05, 4.69) is 4.98 Å². The normalized spacial score (nSPS) is 10.0. The molecule has 0 aliphatic rings. The van der Waals surface area contributed by atoms with E-state index < -0.39 is 0 Å². The maximum atomic E-state index is 10.3. The van der Waals surface area contributed by atoms with Crippen LogP contribution in [0.5, 0.6) is 0 Å². The van der Waals surface area contributed by atoms with Gasteiger partial charge in [-0.25, -0.2) is 0 Å². The molecule has 12 heavy (non-hydrogen) atoms. The van der Waals surface area contributed by atoms with Crippen LogP contribution in [0.15, 0.2) is 24.5 Å². The summed E-state index contributed by atoms with van der Waals surface area (Å²) in [4.78, 5) is 24.1. The van der Waals surface area contributed by atoms with Crippen LogP contribution >= 0.6 is 0 Å². The number of aldehydes is 2. The number of hydrogen-bond acceptors (Lipinski definition) is 3. The van der Waals surface area contributed by atoms with Crippen molar-refractivity contribution in [3.05, 3.63) is 35.7 Å². The quantitative estimate of drug-likeness (QED) is 0.492. The SMILES string of the molecule is O=CC=Cc1cncc(C=O)c1. The molecule has 0 atom stereocenters. The van der Waals surface area contributed by atoms with Gasteiger partial charge in [0.2, 0.25) is 0 Å². The highest BCUT2D eigenvalue weighted by Gasteiger charge is 1.90. The molecule has 0 amide bonds. The molecule has 0 radical (unpaired) electrons. The maximum Gasteiger partial charge on any atom is 0.151 e. The van der Waals surface area contributed by atoms with E-state index in [4.69, 9.17) is 0 Å². The smallest absolute Gasteiger partial charge is 0.151 e. The van der Waals surface area contributed by atoms with Crippen molar-refractivity contribution >= 4 is 18.6 Å². The Morgan fingerprint density at radius 3 is 2.58 bits per heavy atom. The highest BCUT2D eigenvalue weighted by Crippen LogP contribution is 2.01. The number of nitrogens with zero attached hydrogens (tertiary/aromatic N) is 1. The van der Waals surface area contributed by atoms with Crippen LogP contribution in [-0.2, 0) is 4.79 Å². The summed E-state index contributed by atoms with van der Waals surface area (Å²) in [5, 5.41) is 0. The standard InChI is InChI=1S/C9H7NO2/c11-3-1-2-8-4-9(7-12)6-10-5-8/h1-7H. The van der Waals surface area contributed by atoms with Crippen molar-refractivity contribution in [1.29, 1.82) is 0 Å². The average molecular weight is 161 g/mol. The fourth-order valence-corrected chi connectivity index (χ4v) is 0.782. The number of pyridine rings is 1. The average Bonchev–Trinajstić information content (AvgIpc) is 2.15. The third-order valence-electron chi connectivity index (χ3n) is 1.28. The molecule has 0 unspecified atom stereocenters. The lowest BCUT2D eigenvalue weighted by molar-refractivity contribution is -0.104. The van der Waals surface area contributed by atoms with Gasteiger partial charge in [0.05, 0.1) is 0 Å². The van der Waals surface area contributed by atoms with Crippen LogP contribution in [0, 0.1) is 0 Å². The maximum absolute atomic E-state index is 10.3. The Hall–Kier alpha value is -1.77. The monoisotopic (exact) mass is 161 g/mol. The Morgan fingerprint density at radius 2 is 1.92 bits per heavy atom. The Balaban J connectivity index is 2.93. The molecule has 0 fully saturated rings. The van der Waals surface area contributed by atoms with Gasteiger partial charge in [-0.2, -0.15) is 0 Å². The number of aromatic nitrogens is 1. The van der Waals surface area contributed by atoms with Crippen molar-refractivity contribution in [2.24, 2.45) is 0 Å². The van der Waals surface area contributed by atoms with Crippen molar-refractivity contribution in [3.63, 3.8) is 0 Å². The Kier molecular flexibility index (Phi) is 2.90. The van der Waals surface area contributed by atoms with Crippen molar-refractivity contribution in [2.75, 3.05) is 0 Å². The molecule has 1 heterocycles. The summed E-state index contributed by atoms with van der Waals surface area (Å²) in [5.41, 5.74) is 1.25. The highest BCUT2D eigenvalue weighted by molar-refractivity contribution is 5.77. The van der Waals surface area contributed by atoms with Crippen LogP contribution in [0.2, 0.25) is 0 Å². The molecule has 0 spiro atoms. The number of carbonyl (C=O) groups is 2. The lowest BCUT2D eigenvalue weighted by Crippen LogP contribution is -1.83. The van der Waals surface area contributed by atoms with E-state index in [0.717, 1.165) is 5.56 Å². The van der Waals surface area contributed by atoms with Gasteiger partial charge in [0.15, 0.2) is 6.29 Å². The largest absolute Gasteiger partial charge is 0.299 e. The van der Waals surface area contributed by atoms with Crippen molar-refractivity contribution < 1.29 is 9.59 Å². The van der Waals surface area contributed by atoms with Crippen LogP contribution in [0.4, 0.5) is 0 Å². The van der Waals surface area contributed by atoms with E-state index in [-0.39, 0.29) is 0 Å². The molecular weight excluding hydrogens is 154 g/mol. The van der Waals surface area contributed by atoms with Gasteiger partial charge in [0, 0.05) is 18.0 Å². The van der Waals surface area contributed by atoms with Crippen LogP contribution < -0.4 is 0 Å². The first-order chi connectivity index (χ1) is 5.86. The molecule has 0 saturated carbocycles. The lowest BCUT2D eigenvalue weighted by atomic mass is 10.2. The zero-order chi connectivity index (χ0) is 8.81. The van der Waals surface area contributed by atoms with Gasteiger partial charge in [0.1, 0.15) is 6.29 Å². The molecule has 0 saturated heterocycles. The number of allylic oxidation sites excluding steroid dienone is 1. The number of rotatable bonds is 3. The second kappa shape index (κ2) is 4.18. The fourth-order valence-electron chi connectivity index (χ4n) is 0.782. The van der Waals surface area contributed by atoms with Crippen LogP contribution in [0.25, 0.3) is 6.08 Å². The molecule has 0 bridgehead atoms. The first-order valence-electron chi connectivity index (χ1n) is 3.39. The van der Waals surface area contributed by atoms with Crippen LogP contribution in [0.1, 0.15) is 15.9 Å². The predicted molar refractivity (Wildman–Crippen MR) is 44.7 cm³/mol. The summed E-state index contributed by atoms with van der Waals surface area (Å²) in [6.45, 7) is 0. The zero-order valence-corrected chi connectivity index (χ0v) is 6.31. The topological polar surface area (TPSA) is 47.0 Å². The fraction of sp³-hybridized carbons (Fsp3) is 0. The first kappa shape index (κ1) is 8.33. The molecule has 1 rings (SSSR count). The molecule has 0 aliphatic carbocycles. The van der Waals surface area contributed by atoms with Gasteiger partial charge in [0.25, 0.3) is 0 Å². The molecule has 0 N–H and O–H groups in total. The molecule has 3 nitrogen and oxygen atoms in total. The molecule has 0 aliphatic heterocycles. The van der Waals surface area contributed by atoms with Crippen molar-refractivity contribution in [3.8, 4) is 0 Å². The van der Waals surface area contributed by atoms with Crippen molar-refractivity contribution in [1.82, 2.24) is 4.98 Å². The van der Waals surface area contributed by atoms with E-state index in [1.165, 1.54) is 12.3 Å². The van der Waals surface area contributed by atoms with E-state index >= 15 is 0 Å².